The van der Waals surface area contributed by atoms with E-state index < -0.39 is 11.4 Å². The maximum atomic E-state index is 12.2. The first-order valence-corrected chi connectivity index (χ1v) is 9.65. The number of carbonyl (C=O) groups is 2. The van der Waals surface area contributed by atoms with E-state index in [0.29, 0.717) is 19.4 Å². The highest BCUT2D eigenvalue weighted by Gasteiger charge is 2.35. The molecule has 0 spiro atoms. The van der Waals surface area contributed by atoms with Gasteiger partial charge in [0.25, 0.3) is 0 Å². The van der Waals surface area contributed by atoms with Crippen LogP contribution in [-0.2, 0) is 34.4 Å². The van der Waals surface area contributed by atoms with E-state index in [9.17, 15) is 14.7 Å². The summed E-state index contributed by atoms with van der Waals surface area (Å²) in [6.45, 7) is 2.25. The third kappa shape index (κ3) is 5.32. The summed E-state index contributed by atoms with van der Waals surface area (Å²) in [6, 6.07) is 26.7. The molecule has 29 heavy (non-hydrogen) atoms. The molecule has 0 aliphatic heterocycles. The Kier molecular flexibility index (Phi) is 6.45. The van der Waals surface area contributed by atoms with Crippen molar-refractivity contribution in [2.75, 3.05) is 0 Å². The molecule has 0 aliphatic rings. The normalized spacial score (nSPS) is 12.7. The van der Waals surface area contributed by atoms with Crippen LogP contribution < -0.4 is 5.32 Å². The molecule has 0 aromatic heterocycles. The summed E-state index contributed by atoms with van der Waals surface area (Å²) >= 11 is 0. The van der Waals surface area contributed by atoms with Crippen molar-refractivity contribution < 1.29 is 14.7 Å². The van der Waals surface area contributed by atoms with Crippen LogP contribution in [0.5, 0.6) is 0 Å². The predicted molar refractivity (Wildman–Crippen MR) is 114 cm³/mol. The highest BCUT2D eigenvalue weighted by atomic mass is 16.4. The van der Waals surface area contributed by atoms with Gasteiger partial charge < -0.3 is 10.4 Å². The number of carboxylic acids is 1. The van der Waals surface area contributed by atoms with E-state index >= 15 is 0 Å². The molecular formula is C25H25NO3. The summed E-state index contributed by atoms with van der Waals surface area (Å²) in [7, 11) is 0. The summed E-state index contributed by atoms with van der Waals surface area (Å²) in [5.74, 6) is -0.894. The number of hydrogen-bond donors (Lipinski definition) is 2. The van der Waals surface area contributed by atoms with Crippen LogP contribution in [0.15, 0.2) is 84.9 Å². The van der Waals surface area contributed by atoms with E-state index in [1.165, 1.54) is 0 Å². The van der Waals surface area contributed by atoms with E-state index in [2.05, 4.69) is 5.32 Å². The molecule has 0 fully saturated rings. The molecule has 4 nitrogen and oxygen atoms in total. The van der Waals surface area contributed by atoms with Gasteiger partial charge in [-0.3, -0.25) is 9.59 Å². The SMILES string of the molecule is CC(Cc1ccc(CC(=O)NCc2ccccc2)cc1)(C(=O)O)c1ccccc1. The van der Waals surface area contributed by atoms with Crippen LogP contribution in [0.2, 0.25) is 0 Å². The van der Waals surface area contributed by atoms with Crippen molar-refractivity contribution in [2.24, 2.45) is 0 Å². The molecule has 0 aliphatic carbocycles. The van der Waals surface area contributed by atoms with Gasteiger partial charge in [-0.1, -0.05) is 84.9 Å². The van der Waals surface area contributed by atoms with Gasteiger partial charge in [0.2, 0.25) is 5.91 Å². The third-order valence-corrected chi connectivity index (χ3v) is 5.16. The quantitative estimate of drug-likeness (QED) is 0.611. The fraction of sp³-hybridized carbons (Fsp3) is 0.200. The number of benzene rings is 3. The molecule has 4 heteroatoms. The largest absolute Gasteiger partial charge is 0.481 e. The average molecular weight is 387 g/mol. The van der Waals surface area contributed by atoms with Gasteiger partial charge in [-0.25, -0.2) is 0 Å². The van der Waals surface area contributed by atoms with Gasteiger partial charge in [0, 0.05) is 6.54 Å². The van der Waals surface area contributed by atoms with Crippen molar-refractivity contribution in [2.45, 2.75) is 31.7 Å². The summed E-state index contributed by atoms with van der Waals surface area (Å²) < 4.78 is 0. The van der Waals surface area contributed by atoms with E-state index in [0.717, 1.165) is 22.3 Å². The number of aliphatic carboxylic acids is 1. The van der Waals surface area contributed by atoms with Gasteiger partial charge in [-0.2, -0.15) is 0 Å². The smallest absolute Gasteiger partial charge is 0.314 e. The second-order valence-corrected chi connectivity index (χ2v) is 7.44. The first kappa shape index (κ1) is 20.3. The van der Waals surface area contributed by atoms with Crippen LogP contribution in [0.3, 0.4) is 0 Å². The topological polar surface area (TPSA) is 66.4 Å². The van der Waals surface area contributed by atoms with Crippen molar-refractivity contribution in [1.29, 1.82) is 0 Å². The molecule has 2 N–H and O–H groups in total. The summed E-state index contributed by atoms with van der Waals surface area (Å²) in [5, 5.41) is 12.7. The highest BCUT2D eigenvalue weighted by molar-refractivity contribution is 5.81. The third-order valence-electron chi connectivity index (χ3n) is 5.16. The molecule has 1 atom stereocenters. The van der Waals surface area contributed by atoms with Crippen molar-refractivity contribution in [3.05, 3.63) is 107 Å². The minimum Gasteiger partial charge on any atom is -0.481 e. The Bertz CT molecular complexity index is 952. The van der Waals surface area contributed by atoms with Gasteiger partial charge in [-0.15, -0.1) is 0 Å². The van der Waals surface area contributed by atoms with Gasteiger partial charge in [0.1, 0.15) is 0 Å². The van der Waals surface area contributed by atoms with Crippen LogP contribution in [0.1, 0.15) is 29.2 Å². The Hall–Kier alpha value is -3.40. The first-order valence-electron chi connectivity index (χ1n) is 9.65. The molecule has 0 bridgehead atoms. The zero-order chi connectivity index (χ0) is 20.7. The fourth-order valence-electron chi connectivity index (χ4n) is 3.33. The molecule has 1 amide bonds. The van der Waals surface area contributed by atoms with E-state index in [1.807, 2.05) is 84.9 Å². The Morgan fingerprint density at radius 2 is 1.34 bits per heavy atom. The van der Waals surface area contributed by atoms with Crippen molar-refractivity contribution in [3.8, 4) is 0 Å². The van der Waals surface area contributed by atoms with Crippen LogP contribution in [0, 0.1) is 0 Å². The standard InChI is InChI=1S/C25H25NO3/c1-25(24(28)29,22-10-6-3-7-11-22)17-20-14-12-19(13-15-20)16-23(27)26-18-21-8-4-2-5-9-21/h2-15H,16-18H2,1H3,(H,26,27)(H,28,29). The van der Waals surface area contributed by atoms with Crippen LogP contribution in [0.4, 0.5) is 0 Å². The van der Waals surface area contributed by atoms with Gasteiger partial charge in [0.05, 0.1) is 11.8 Å². The lowest BCUT2D eigenvalue weighted by Crippen LogP contribution is -2.34. The zero-order valence-electron chi connectivity index (χ0n) is 16.5. The minimum atomic E-state index is -1.00. The molecule has 0 saturated carbocycles. The monoisotopic (exact) mass is 387 g/mol. The Morgan fingerprint density at radius 1 is 0.793 bits per heavy atom. The van der Waals surface area contributed by atoms with E-state index in [4.69, 9.17) is 0 Å². The maximum absolute atomic E-state index is 12.2. The molecule has 3 aromatic carbocycles. The van der Waals surface area contributed by atoms with Crippen molar-refractivity contribution in [3.63, 3.8) is 0 Å². The minimum absolute atomic E-state index is 0.0405. The number of carbonyl (C=O) groups excluding carboxylic acids is 1. The fourth-order valence-corrected chi connectivity index (χ4v) is 3.33. The molecule has 0 saturated heterocycles. The molecule has 1 unspecified atom stereocenters. The van der Waals surface area contributed by atoms with Crippen molar-refractivity contribution >= 4 is 11.9 Å². The van der Waals surface area contributed by atoms with Crippen LogP contribution in [-0.4, -0.2) is 17.0 Å². The summed E-state index contributed by atoms with van der Waals surface area (Å²) in [5.41, 5.74) is 2.65. The molecule has 148 valence electrons. The molecule has 3 aromatic rings. The van der Waals surface area contributed by atoms with Crippen LogP contribution >= 0.6 is 0 Å². The Morgan fingerprint density at radius 3 is 1.93 bits per heavy atom. The van der Waals surface area contributed by atoms with E-state index in [1.54, 1.807) is 6.92 Å². The second-order valence-electron chi connectivity index (χ2n) is 7.44. The predicted octanol–water partition coefficient (Wildman–Crippen LogP) is 4.13. The first-order chi connectivity index (χ1) is 14.0. The van der Waals surface area contributed by atoms with Gasteiger partial charge >= 0.3 is 5.97 Å². The molecule has 0 radical (unpaired) electrons. The lowest BCUT2D eigenvalue weighted by Gasteiger charge is -2.25. The molecular weight excluding hydrogens is 362 g/mol. The molecule has 0 heterocycles. The summed E-state index contributed by atoms with van der Waals surface area (Å²) in [6.07, 6.45) is 0.675. The maximum Gasteiger partial charge on any atom is 0.314 e. The number of carboxylic acid groups (broad SMARTS) is 1. The Labute approximate surface area is 171 Å². The van der Waals surface area contributed by atoms with Crippen molar-refractivity contribution in [1.82, 2.24) is 5.32 Å². The summed E-state index contributed by atoms with van der Waals surface area (Å²) in [4.78, 5) is 24.2. The second kappa shape index (κ2) is 9.20. The molecule has 3 rings (SSSR count). The zero-order valence-corrected chi connectivity index (χ0v) is 16.5. The highest BCUT2D eigenvalue weighted by Crippen LogP contribution is 2.28. The van der Waals surface area contributed by atoms with Crippen LogP contribution in [0.25, 0.3) is 0 Å². The number of nitrogens with one attached hydrogen (secondary N) is 1. The Balaban J connectivity index is 1.62. The van der Waals surface area contributed by atoms with Gasteiger partial charge in [0.15, 0.2) is 0 Å². The van der Waals surface area contributed by atoms with E-state index in [-0.39, 0.29) is 5.91 Å². The lowest BCUT2D eigenvalue weighted by molar-refractivity contribution is -0.143. The number of hydrogen-bond acceptors (Lipinski definition) is 2. The van der Waals surface area contributed by atoms with Gasteiger partial charge in [-0.05, 0) is 35.6 Å². The number of rotatable bonds is 8. The lowest BCUT2D eigenvalue weighted by atomic mass is 9.77. The number of amides is 1. The average Bonchev–Trinajstić information content (AvgIpc) is 2.75.